The molecule has 1 unspecified atom stereocenters. The lowest BCUT2D eigenvalue weighted by atomic mass is 10.1. The first-order valence-electron chi connectivity index (χ1n) is 7.11. The van der Waals surface area contributed by atoms with Crippen LogP contribution in [0.1, 0.15) is 25.7 Å². The van der Waals surface area contributed by atoms with Crippen molar-refractivity contribution in [3.63, 3.8) is 0 Å². The lowest BCUT2D eigenvalue weighted by Gasteiger charge is -2.11. The van der Waals surface area contributed by atoms with Crippen LogP contribution in [0.15, 0.2) is 18.3 Å². The lowest BCUT2D eigenvalue weighted by molar-refractivity contribution is -0.154. The van der Waals surface area contributed by atoms with E-state index in [2.05, 4.69) is 20.4 Å². The minimum atomic E-state index is -4.40. The molecule has 1 aromatic rings. The topological polar surface area (TPSA) is 63.2 Å². The highest BCUT2D eigenvalue weighted by Crippen LogP contribution is 2.18. The first-order chi connectivity index (χ1) is 10.4. The van der Waals surface area contributed by atoms with Gasteiger partial charge in [-0.3, -0.25) is 4.79 Å². The number of pyridine rings is 1. The maximum atomic E-state index is 12.0. The van der Waals surface area contributed by atoms with Gasteiger partial charge in [-0.15, -0.1) is 0 Å². The van der Waals surface area contributed by atoms with Crippen molar-refractivity contribution in [3.05, 3.63) is 18.3 Å². The number of hydrogen-bond donors (Lipinski definition) is 2. The first kappa shape index (κ1) is 16.5. The molecule has 0 radical (unpaired) electrons. The molecule has 0 aromatic carbocycles. The summed E-state index contributed by atoms with van der Waals surface area (Å²) < 4.78 is 40.5. The lowest BCUT2D eigenvalue weighted by Crippen LogP contribution is -2.23. The van der Waals surface area contributed by atoms with E-state index in [1.165, 1.54) is 18.3 Å². The van der Waals surface area contributed by atoms with E-state index in [4.69, 9.17) is 0 Å². The fraction of sp³-hybridized carbons (Fsp3) is 0.571. The highest BCUT2D eigenvalue weighted by atomic mass is 19.4. The Hall–Kier alpha value is -1.83. The molecule has 8 heteroatoms. The van der Waals surface area contributed by atoms with E-state index in [9.17, 15) is 18.0 Å². The van der Waals surface area contributed by atoms with Crippen molar-refractivity contribution >= 4 is 11.6 Å². The Morgan fingerprint density at radius 2 is 2.27 bits per heavy atom. The molecule has 2 heterocycles. The van der Waals surface area contributed by atoms with Gasteiger partial charge in [-0.05, 0) is 31.9 Å². The average Bonchev–Trinajstić information content (AvgIpc) is 2.97. The van der Waals surface area contributed by atoms with E-state index in [0.717, 1.165) is 25.8 Å². The third kappa shape index (κ3) is 5.88. The Balaban J connectivity index is 1.74. The van der Waals surface area contributed by atoms with Gasteiger partial charge >= 0.3 is 6.18 Å². The Kier molecular flexibility index (Phi) is 5.59. The van der Waals surface area contributed by atoms with Crippen LogP contribution >= 0.6 is 0 Å². The first-order valence-corrected chi connectivity index (χ1v) is 7.11. The van der Waals surface area contributed by atoms with E-state index in [1.807, 2.05) is 0 Å². The van der Waals surface area contributed by atoms with Crippen LogP contribution in [-0.2, 0) is 4.79 Å². The maximum Gasteiger partial charge on any atom is 0.422 e. The van der Waals surface area contributed by atoms with Crippen molar-refractivity contribution in [2.24, 2.45) is 0 Å². The molecule has 5 nitrogen and oxygen atoms in total. The molecule has 1 amide bonds. The zero-order valence-corrected chi connectivity index (χ0v) is 11.9. The minimum absolute atomic E-state index is 0.134. The molecule has 1 aliphatic heterocycles. The number of carbonyl (C=O) groups is 1. The number of carbonyl (C=O) groups excluding carboxylic acids is 1. The molecular weight excluding hydrogens is 299 g/mol. The summed E-state index contributed by atoms with van der Waals surface area (Å²) in [6.45, 7) is -0.393. The molecule has 0 aliphatic carbocycles. The van der Waals surface area contributed by atoms with Gasteiger partial charge < -0.3 is 15.4 Å². The summed E-state index contributed by atoms with van der Waals surface area (Å²) >= 11 is 0. The van der Waals surface area contributed by atoms with Crippen LogP contribution < -0.4 is 15.4 Å². The summed E-state index contributed by atoms with van der Waals surface area (Å²) in [6, 6.07) is 3.15. The molecule has 0 saturated carbocycles. The predicted octanol–water partition coefficient (Wildman–Crippen LogP) is 2.49. The molecule has 1 aliphatic rings. The van der Waals surface area contributed by atoms with Crippen LogP contribution in [0.5, 0.6) is 5.88 Å². The molecule has 22 heavy (non-hydrogen) atoms. The molecule has 1 aromatic heterocycles. The van der Waals surface area contributed by atoms with Gasteiger partial charge in [-0.2, -0.15) is 13.2 Å². The minimum Gasteiger partial charge on any atom is -0.468 e. The number of halogens is 3. The quantitative estimate of drug-likeness (QED) is 0.846. The summed E-state index contributed by atoms with van der Waals surface area (Å²) in [6.07, 6.45) is 0.256. The highest BCUT2D eigenvalue weighted by molar-refractivity contribution is 5.90. The van der Waals surface area contributed by atoms with Gasteiger partial charge in [-0.1, -0.05) is 0 Å². The molecule has 0 bridgehead atoms. The summed E-state index contributed by atoms with van der Waals surface area (Å²) in [5.41, 5.74) is 0.434. The summed E-state index contributed by atoms with van der Waals surface area (Å²) in [7, 11) is 0. The number of alkyl halides is 3. The average molecular weight is 317 g/mol. The molecule has 0 spiro atoms. The van der Waals surface area contributed by atoms with E-state index in [1.54, 1.807) is 0 Å². The van der Waals surface area contributed by atoms with Gasteiger partial charge in [-0.25, -0.2) is 4.98 Å². The standard InChI is InChI=1S/C14H18F3N3O2/c15-14(16,17)9-22-13-6-4-11(8-19-13)20-12(21)5-3-10-2-1-7-18-10/h4,6,8,10,18H,1-3,5,7,9H2,(H,20,21). The van der Waals surface area contributed by atoms with Crippen LogP contribution in [0.3, 0.4) is 0 Å². The second-order valence-corrected chi connectivity index (χ2v) is 5.17. The number of amides is 1. The van der Waals surface area contributed by atoms with Gasteiger partial charge in [0.25, 0.3) is 0 Å². The van der Waals surface area contributed by atoms with Crippen LogP contribution in [0, 0.1) is 0 Å². The Labute approximate surface area is 126 Å². The van der Waals surface area contributed by atoms with Crippen LogP contribution in [0.4, 0.5) is 18.9 Å². The van der Waals surface area contributed by atoms with Crippen molar-refractivity contribution in [2.45, 2.75) is 37.9 Å². The summed E-state index contributed by atoms with van der Waals surface area (Å²) in [5.74, 6) is -0.273. The molecule has 2 N–H and O–H groups in total. The van der Waals surface area contributed by atoms with E-state index < -0.39 is 12.8 Å². The Morgan fingerprint density at radius 3 is 2.86 bits per heavy atom. The highest BCUT2D eigenvalue weighted by Gasteiger charge is 2.28. The van der Waals surface area contributed by atoms with Gasteiger partial charge in [0.15, 0.2) is 6.61 Å². The molecule has 1 saturated heterocycles. The molecule has 122 valence electrons. The Morgan fingerprint density at radius 1 is 1.45 bits per heavy atom. The SMILES string of the molecule is O=C(CCC1CCCN1)Nc1ccc(OCC(F)(F)F)nc1. The Bertz CT molecular complexity index is 485. The predicted molar refractivity (Wildman–Crippen MR) is 74.7 cm³/mol. The van der Waals surface area contributed by atoms with E-state index in [0.29, 0.717) is 18.2 Å². The van der Waals surface area contributed by atoms with Gasteiger partial charge in [0.05, 0.1) is 11.9 Å². The second kappa shape index (κ2) is 7.44. The molecular formula is C14H18F3N3O2. The number of nitrogens with zero attached hydrogens (tertiary/aromatic N) is 1. The fourth-order valence-corrected chi connectivity index (χ4v) is 2.23. The van der Waals surface area contributed by atoms with Crippen molar-refractivity contribution in [3.8, 4) is 5.88 Å². The number of aromatic nitrogens is 1. The fourth-order valence-electron chi connectivity index (χ4n) is 2.23. The molecule has 1 atom stereocenters. The monoisotopic (exact) mass is 317 g/mol. The van der Waals surface area contributed by atoms with Crippen LogP contribution in [-0.4, -0.2) is 36.3 Å². The zero-order chi connectivity index (χ0) is 16.0. The third-order valence-electron chi connectivity index (χ3n) is 3.29. The normalized spacial score (nSPS) is 18.2. The van der Waals surface area contributed by atoms with E-state index >= 15 is 0 Å². The van der Waals surface area contributed by atoms with Crippen LogP contribution in [0.25, 0.3) is 0 Å². The zero-order valence-electron chi connectivity index (χ0n) is 11.9. The van der Waals surface area contributed by atoms with E-state index in [-0.39, 0.29) is 11.8 Å². The summed E-state index contributed by atoms with van der Waals surface area (Å²) in [5, 5.41) is 5.97. The molecule has 1 fully saturated rings. The largest absolute Gasteiger partial charge is 0.468 e. The van der Waals surface area contributed by atoms with Crippen LogP contribution in [0.2, 0.25) is 0 Å². The van der Waals surface area contributed by atoms with Gasteiger partial charge in [0.1, 0.15) is 0 Å². The number of ether oxygens (including phenoxy) is 1. The number of nitrogens with one attached hydrogen (secondary N) is 2. The number of rotatable bonds is 6. The smallest absolute Gasteiger partial charge is 0.422 e. The van der Waals surface area contributed by atoms with Gasteiger partial charge in [0, 0.05) is 18.5 Å². The maximum absolute atomic E-state index is 12.0. The van der Waals surface area contributed by atoms with Crippen molar-refractivity contribution < 1.29 is 22.7 Å². The third-order valence-corrected chi connectivity index (χ3v) is 3.29. The summed E-state index contributed by atoms with van der Waals surface area (Å²) in [4.78, 5) is 15.5. The van der Waals surface area contributed by atoms with Gasteiger partial charge in [0.2, 0.25) is 11.8 Å². The van der Waals surface area contributed by atoms with Crippen molar-refractivity contribution in [1.29, 1.82) is 0 Å². The number of hydrogen-bond acceptors (Lipinski definition) is 4. The number of anilines is 1. The van der Waals surface area contributed by atoms with Crippen molar-refractivity contribution in [1.82, 2.24) is 10.3 Å². The molecule has 2 rings (SSSR count). The van der Waals surface area contributed by atoms with Crippen molar-refractivity contribution in [2.75, 3.05) is 18.5 Å². The second-order valence-electron chi connectivity index (χ2n) is 5.17.